The highest BCUT2D eigenvalue weighted by molar-refractivity contribution is 6.03. The third-order valence-corrected chi connectivity index (χ3v) is 6.65. The lowest BCUT2D eigenvalue weighted by molar-refractivity contribution is -0.433. The quantitative estimate of drug-likeness (QED) is 0.476. The molecule has 3 nitrogen and oxygen atoms in total. The number of fused-ring (bicyclic) bond motifs is 3. The summed E-state index contributed by atoms with van der Waals surface area (Å²) in [6.07, 6.45) is 9.27. The van der Waals surface area contributed by atoms with Gasteiger partial charge in [-0.15, -0.1) is 0 Å². The van der Waals surface area contributed by atoms with Crippen molar-refractivity contribution in [2.24, 2.45) is 0 Å². The number of para-hydroxylation sites is 1. The van der Waals surface area contributed by atoms with Crippen LogP contribution in [-0.2, 0) is 5.41 Å². The van der Waals surface area contributed by atoms with Crippen molar-refractivity contribution >= 4 is 17.5 Å². The molecule has 0 fully saturated rings. The molecule has 166 valence electrons. The third-order valence-electron chi connectivity index (χ3n) is 6.65. The number of hydrogen-bond acceptors (Lipinski definition) is 2. The maximum absolute atomic E-state index is 13.8. The molecular formula is C27H27FINO2. The van der Waals surface area contributed by atoms with E-state index in [0.717, 1.165) is 42.7 Å². The van der Waals surface area contributed by atoms with Crippen molar-refractivity contribution in [1.29, 1.82) is 0 Å². The molecule has 5 rings (SSSR count). The van der Waals surface area contributed by atoms with Crippen LogP contribution >= 0.6 is 0 Å². The van der Waals surface area contributed by atoms with Gasteiger partial charge in [0.05, 0.1) is 5.41 Å². The first-order valence-corrected chi connectivity index (χ1v) is 11.0. The average Bonchev–Trinajstić information content (AvgIpc) is 2.98. The third kappa shape index (κ3) is 3.60. The number of ether oxygens (including phenoxy) is 1. The van der Waals surface area contributed by atoms with Crippen LogP contribution in [-0.4, -0.2) is 21.9 Å². The molecule has 32 heavy (non-hydrogen) atoms. The topological polar surface area (TPSA) is 32.5 Å². The second kappa shape index (κ2) is 8.50. The molecule has 0 amide bonds. The van der Waals surface area contributed by atoms with E-state index in [2.05, 4.69) is 61.8 Å². The zero-order chi connectivity index (χ0) is 21.8. The second-order valence-corrected chi connectivity index (χ2v) is 8.93. The molecule has 1 aliphatic carbocycles. The Labute approximate surface area is 205 Å². The first-order valence-electron chi connectivity index (χ1n) is 11.0. The maximum atomic E-state index is 13.8. The van der Waals surface area contributed by atoms with Gasteiger partial charge in [0.1, 0.15) is 18.1 Å². The number of nitrogens with zero attached hydrogens (tertiary/aromatic N) is 1. The lowest BCUT2D eigenvalue weighted by atomic mass is 9.81. The highest BCUT2D eigenvalue weighted by atomic mass is 127. The van der Waals surface area contributed by atoms with Gasteiger partial charge in [0.25, 0.3) is 0 Å². The standard InChI is InChI=1S/C27H26FNO2.HI/c1-4-29-22-11-6-5-10-20(22)27(2,3)25(29)13-12-17-8-7-9-18-14-19-15-21(28)23(30)16-24(19)31-26(17)18;/h5-6,10-16H,4,7-9H2,1-3H3;1H. The minimum Gasteiger partial charge on any atom is -1.00 e. The number of halogens is 2. The summed E-state index contributed by atoms with van der Waals surface area (Å²) in [6.45, 7) is 7.64. The molecule has 2 heterocycles. The Hall–Kier alpha value is -2.41. The highest BCUT2D eigenvalue weighted by Crippen LogP contribution is 2.43. The Morgan fingerprint density at radius 2 is 1.94 bits per heavy atom. The smallest absolute Gasteiger partial charge is 0.209 e. The summed E-state index contributed by atoms with van der Waals surface area (Å²) in [5, 5.41) is 9.77. The van der Waals surface area contributed by atoms with Crippen LogP contribution in [0.2, 0.25) is 0 Å². The number of allylic oxidation sites excluding steroid dienone is 4. The molecular weight excluding hydrogens is 516 g/mol. The van der Waals surface area contributed by atoms with E-state index < -0.39 is 5.82 Å². The van der Waals surface area contributed by atoms with Crippen molar-refractivity contribution in [3.63, 3.8) is 0 Å². The number of hydrogen-bond donors (Lipinski definition) is 1. The van der Waals surface area contributed by atoms with E-state index in [0.29, 0.717) is 11.3 Å². The van der Waals surface area contributed by atoms with Crippen LogP contribution in [0, 0.1) is 5.82 Å². The van der Waals surface area contributed by atoms with Crippen molar-refractivity contribution in [2.75, 3.05) is 6.54 Å². The first kappa shape index (κ1) is 22.8. The van der Waals surface area contributed by atoms with Crippen LogP contribution in [0.1, 0.15) is 51.2 Å². The summed E-state index contributed by atoms with van der Waals surface area (Å²) in [5.41, 5.74) is 6.73. The molecule has 1 N–H and O–H groups in total. The van der Waals surface area contributed by atoms with Gasteiger partial charge in [-0.25, -0.2) is 4.39 Å². The van der Waals surface area contributed by atoms with Crippen LogP contribution in [0.4, 0.5) is 10.1 Å². The van der Waals surface area contributed by atoms with E-state index in [1.807, 2.05) is 6.08 Å². The number of benzene rings is 2. The molecule has 2 aromatic rings. The van der Waals surface area contributed by atoms with Gasteiger partial charge in [-0.3, -0.25) is 0 Å². The lowest BCUT2D eigenvalue weighted by Gasteiger charge is -2.26. The fourth-order valence-electron chi connectivity index (χ4n) is 5.05. The molecule has 2 aromatic carbocycles. The first-order chi connectivity index (χ1) is 14.9. The van der Waals surface area contributed by atoms with Crippen LogP contribution in [0.15, 0.2) is 65.5 Å². The Bertz CT molecular complexity index is 1220. The molecule has 0 saturated heterocycles. The average molecular weight is 543 g/mol. The van der Waals surface area contributed by atoms with Crippen LogP contribution in [0.25, 0.3) is 6.08 Å². The van der Waals surface area contributed by atoms with Gasteiger partial charge in [-0.2, -0.15) is 4.58 Å². The van der Waals surface area contributed by atoms with Crippen LogP contribution < -0.4 is 28.7 Å². The summed E-state index contributed by atoms with van der Waals surface area (Å²) < 4.78 is 22.4. The van der Waals surface area contributed by atoms with Crippen LogP contribution in [0.5, 0.6) is 11.5 Å². The molecule has 0 bridgehead atoms. The van der Waals surface area contributed by atoms with E-state index in [-0.39, 0.29) is 35.1 Å². The van der Waals surface area contributed by atoms with E-state index in [1.54, 1.807) is 0 Å². The van der Waals surface area contributed by atoms with Crippen molar-refractivity contribution < 1.29 is 42.8 Å². The van der Waals surface area contributed by atoms with Gasteiger partial charge >= 0.3 is 0 Å². The summed E-state index contributed by atoms with van der Waals surface area (Å²) in [5.74, 6) is 0.338. The molecule has 0 aromatic heterocycles. The number of phenols is 1. The zero-order valence-corrected chi connectivity index (χ0v) is 20.7. The Balaban J connectivity index is 0.00000245. The van der Waals surface area contributed by atoms with E-state index in [9.17, 15) is 9.50 Å². The summed E-state index contributed by atoms with van der Waals surface area (Å²) in [4.78, 5) is 0. The predicted octanol–water partition coefficient (Wildman–Crippen LogP) is 3.40. The van der Waals surface area contributed by atoms with Gasteiger partial charge in [0, 0.05) is 29.3 Å². The van der Waals surface area contributed by atoms with Gasteiger partial charge in [-0.1, -0.05) is 18.2 Å². The van der Waals surface area contributed by atoms with Crippen molar-refractivity contribution in [2.45, 2.75) is 45.4 Å². The monoisotopic (exact) mass is 543 g/mol. The second-order valence-electron chi connectivity index (χ2n) is 8.93. The number of aromatic hydroxyl groups is 1. The SMILES string of the molecule is CC[N+]1=C(/C=C/C2=C3Oc4cc(O)c(F)cc4C=C3CCC2)C(C)(C)c2ccccc21.[I-]. The molecule has 0 saturated carbocycles. The fourth-order valence-corrected chi connectivity index (χ4v) is 5.05. The van der Waals surface area contributed by atoms with E-state index in [1.165, 1.54) is 29.1 Å². The highest BCUT2D eigenvalue weighted by Gasteiger charge is 2.43. The van der Waals surface area contributed by atoms with Crippen molar-refractivity contribution in [3.05, 3.63) is 82.4 Å². The largest absolute Gasteiger partial charge is 1.00 e. The molecule has 3 aliphatic rings. The number of phenolic OH excluding ortho intramolecular Hbond substituents is 1. The van der Waals surface area contributed by atoms with Gasteiger partial charge in [0.2, 0.25) is 5.69 Å². The minimum atomic E-state index is -0.623. The van der Waals surface area contributed by atoms with Crippen molar-refractivity contribution in [1.82, 2.24) is 0 Å². The Morgan fingerprint density at radius 1 is 1.16 bits per heavy atom. The Kier molecular flexibility index (Phi) is 6.05. The molecule has 0 atom stereocenters. The molecule has 0 spiro atoms. The summed E-state index contributed by atoms with van der Waals surface area (Å²) >= 11 is 0. The van der Waals surface area contributed by atoms with Crippen molar-refractivity contribution in [3.8, 4) is 11.5 Å². The fraction of sp³-hybridized carbons (Fsp3) is 0.296. The zero-order valence-electron chi connectivity index (χ0n) is 18.6. The molecule has 2 aliphatic heterocycles. The lowest BCUT2D eigenvalue weighted by Crippen LogP contribution is -3.00. The number of rotatable bonds is 3. The predicted molar refractivity (Wildman–Crippen MR) is 122 cm³/mol. The van der Waals surface area contributed by atoms with E-state index >= 15 is 0 Å². The summed E-state index contributed by atoms with van der Waals surface area (Å²) in [6, 6.07) is 11.3. The van der Waals surface area contributed by atoms with Gasteiger partial charge < -0.3 is 33.8 Å². The molecule has 0 radical (unpaired) electrons. The van der Waals surface area contributed by atoms with Gasteiger partial charge in [-0.05, 0) is 69.4 Å². The van der Waals surface area contributed by atoms with E-state index in [4.69, 9.17) is 4.74 Å². The minimum absolute atomic E-state index is 0. The molecule has 0 unspecified atom stereocenters. The van der Waals surface area contributed by atoms with Gasteiger partial charge in [0.15, 0.2) is 17.3 Å². The Morgan fingerprint density at radius 3 is 2.72 bits per heavy atom. The van der Waals surface area contributed by atoms with Crippen LogP contribution in [0.3, 0.4) is 0 Å². The normalized spacial score (nSPS) is 18.6. The summed E-state index contributed by atoms with van der Waals surface area (Å²) in [7, 11) is 0. The maximum Gasteiger partial charge on any atom is 0.209 e. The molecule has 5 heteroatoms.